The Hall–Kier alpha value is -4.01. The molecule has 14 heteroatoms. The van der Waals surface area contributed by atoms with Gasteiger partial charge < -0.3 is 29.6 Å². The van der Waals surface area contributed by atoms with Crippen LogP contribution >= 0.6 is 27.3 Å². The fraction of sp³-hybridized carbons (Fsp3) is 0.345. The molecule has 2 aromatic carbocycles. The first-order valence-electron chi connectivity index (χ1n) is 13.4. The Kier molecular flexibility index (Phi) is 11.1. The van der Waals surface area contributed by atoms with Crippen LogP contribution in [-0.2, 0) is 19.1 Å². The second-order valence-electron chi connectivity index (χ2n) is 9.41. The molecule has 1 aliphatic rings. The maximum atomic E-state index is 13.5. The fourth-order valence-electron chi connectivity index (χ4n) is 4.58. The molecule has 1 aromatic heterocycles. The number of halogens is 1. The zero-order chi connectivity index (χ0) is 30.9. The van der Waals surface area contributed by atoms with E-state index >= 15 is 0 Å². The molecule has 2 N–H and O–H groups in total. The van der Waals surface area contributed by atoms with Crippen LogP contribution in [0.3, 0.4) is 0 Å². The number of benzene rings is 2. The predicted octanol–water partition coefficient (Wildman–Crippen LogP) is 5.20. The van der Waals surface area contributed by atoms with Gasteiger partial charge in [0.2, 0.25) is 0 Å². The molecule has 228 valence electrons. The number of nitrogens with one attached hydrogen (secondary N) is 2. The number of para-hydroxylation sites is 2. The van der Waals surface area contributed by atoms with Gasteiger partial charge in [-0.15, -0.1) is 11.3 Å². The number of nitro benzene ring substituents is 1. The summed E-state index contributed by atoms with van der Waals surface area (Å²) in [6.45, 7) is 2.87. The Balaban J connectivity index is 1.63. The lowest BCUT2D eigenvalue weighted by Gasteiger charge is -2.30. The molecule has 0 bridgehead atoms. The van der Waals surface area contributed by atoms with Gasteiger partial charge in [0.1, 0.15) is 11.4 Å². The van der Waals surface area contributed by atoms with Gasteiger partial charge >= 0.3 is 11.9 Å². The molecule has 0 radical (unpaired) electrons. The lowest BCUT2D eigenvalue weighted by Crippen LogP contribution is -2.44. The van der Waals surface area contributed by atoms with Crippen LogP contribution in [0.5, 0.6) is 11.5 Å². The molecule has 1 unspecified atom stereocenters. The van der Waals surface area contributed by atoms with Gasteiger partial charge in [-0.25, -0.2) is 9.59 Å². The third-order valence-electron chi connectivity index (χ3n) is 6.61. The van der Waals surface area contributed by atoms with E-state index in [0.717, 1.165) is 11.3 Å². The van der Waals surface area contributed by atoms with Crippen LogP contribution in [0.2, 0.25) is 0 Å². The van der Waals surface area contributed by atoms with Gasteiger partial charge in [0.05, 0.1) is 28.0 Å². The Bertz CT molecular complexity index is 1490. The zero-order valence-electron chi connectivity index (χ0n) is 23.4. The molecule has 0 spiro atoms. The number of esters is 2. The molecule has 0 saturated carbocycles. The highest BCUT2D eigenvalue weighted by Crippen LogP contribution is 2.46. The largest absolute Gasteiger partial charge is 0.480 e. The molecule has 12 nitrogen and oxygen atoms in total. The molecule has 2 heterocycles. The smallest absolute Gasteiger partial charge is 0.351 e. The van der Waals surface area contributed by atoms with Crippen LogP contribution in [-0.4, -0.2) is 62.3 Å². The van der Waals surface area contributed by atoms with Crippen molar-refractivity contribution >= 4 is 56.5 Å². The van der Waals surface area contributed by atoms with Gasteiger partial charge in [-0.2, -0.15) is 0 Å². The Morgan fingerprint density at radius 2 is 1.91 bits per heavy atom. The number of nitrogens with zero attached hydrogens (tertiary/aromatic N) is 1. The quantitative estimate of drug-likeness (QED) is 0.149. The van der Waals surface area contributed by atoms with Crippen molar-refractivity contribution in [2.75, 3.05) is 38.7 Å². The summed E-state index contributed by atoms with van der Waals surface area (Å²) < 4.78 is 22.2. The molecule has 3 aromatic rings. The highest BCUT2D eigenvalue weighted by molar-refractivity contribution is 9.10. The average molecular weight is 677 g/mol. The third-order valence-corrected chi connectivity index (χ3v) is 8.83. The molecule has 1 saturated heterocycles. The van der Waals surface area contributed by atoms with Crippen molar-refractivity contribution in [1.29, 1.82) is 0 Å². The first-order valence-corrected chi connectivity index (χ1v) is 15.1. The van der Waals surface area contributed by atoms with Crippen molar-refractivity contribution in [2.45, 2.75) is 25.9 Å². The van der Waals surface area contributed by atoms with Gasteiger partial charge in [-0.05, 0) is 72.5 Å². The van der Waals surface area contributed by atoms with E-state index < -0.39 is 35.5 Å². The number of hydrogen-bond acceptors (Lipinski definition) is 11. The fourth-order valence-corrected chi connectivity index (χ4v) is 6.55. The molecule has 4 rings (SSSR count). The molecular formula is C29H30BrN3O9S. The lowest BCUT2D eigenvalue weighted by atomic mass is 9.91. The van der Waals surface area contributed by atoms with Crippen LogP contribution in [0, 0.1) is 16.0 Å². The van der Waals surface area contributed by atoms with E-state index in [1.165, 1.54) is 25.3 Å². The second kappa shape index (κ2) is 14.9. The van der Waals surface area contributed by atoms with Crippen molar-refractivity contribution in [3.05, 3.63) is 68.0 Å². The summed E-state index contributed by atoms with van der Waals surface area (Å²) in [6.07, 6.45) is 0.418. The SMILES string of the molecule is CCOC(=O)COc1c(C(=O)OC)sc(-c2cccc(OC(C(=O)Nc3ccccc3[N+](=O)[O-])C3CCNCC3)c2)c1Br. The average Bonchev–Trinajstić information content (AvgIpc) is 3.35. The van der Waals surface area contributed by atoms with Gasteiger partial charge in [0.15, 0.2) is 23.3 Å². The lowest BCUT2D eigenvalue weighted by molar-refractivity contribution is -0.383. The van der Waals surface area contributed by atoms with Gasteiger partial charge in [0, 0.05) is 12.0 Å². The summed E-state index contributed by atoms with van der Waals surface area (Å²) in [5.74, 6) is -1.34. The highest BCUT2D eigenvalue weighted by Gasteiger charge is 2.33. The molecule has 1 atom stereocenters. The number of thiophene rings is 1. The number of rotatable bonds is 12. The summed E-state index contributed by atoms with van der Waals surface area (Å²) in [5, 5.41) is 17.5. The summed E-state index contributed by atoms with van der Waals surface area (Å²) in [7, 11) is 1.25. The van der Waals surface area contributed by atoms with E-state index in [1.54, 1.807) is 37.3 Å². The maximum absolute atomic E-state index is 13.5. The van der Waals surface area contributed by atoms with E-state index in [4.69, 9.17) is 18.9 Å². The molecular weight excluding hydrogens is 646 g/mol. The monoisotopic (exact) mass is 675 g/mol. The van der Waals surface area contributed by atoms with Crippen molar-refractivity contribution < 1.29 is 38.3 Å². The minimum atomic E-state index is -0.932. The first-order chi connectivity index (χ1) is 20.7. The summed E-state index contributed by atoms with van der Waals surface area (Å²) in [5.41, 5.74) is 0.516. The Morgan fingerprint density at radius 1 is 1.16 bits per heavy atom. The Morgan fingerprint density at radius 3 is 2.60 bits per heavy atom. The van der Waals surface area contributed by atoms with Crippen molar-refractivity contribution in [3.8, 4) is 21.9 Å². The van der Waals surface area contributed by atoms with Crippen LogP contribution < -0.4 is 20.1 Å². The maximum Gasteiger partial charge on any atom is 0.351 e. The number of carbonyl (C=O) groups is 3. The van der Waals surface area contributed by atoms with Gasteiger partial charge in [-0.1, -0.05) is 24.3 Å². The summed E-state index contributed by atoms with van der Waals surface area (Å²) in [6, 6.07) is 12.9. The number of hydrogen-bond donors (Lipinski definition) is 2. The number of nitro groups is 1. The van der Waals surface area contributed by atoms with E-state index in [2.05, 4.69) is 26.6 Å². The molecule has 1 fully saturated rings. The van der Waals surface area contributed by atoms with Crippen molar-refractivity contribution in [2.24, 2.45) is 5.92 Å². The predicted molar refractivity (Wildman–Crippen MR) is 163 cm³/mol. The number of ether oxygens (including phenoxy) is 4. The number of piperidine rings is 1. The number of carbonyl (C=O) groups excluding carboxylic acids is 3. The van der Waals surface area contributed by atoms with Gasteiger partial charge in [-0.3, -0.25) is 14.9 Å². The van der Waals surface area contributed by atoms with E-state index in [1.807, 2.05) is 0 Å². The molecule has 1 amide bonds. The molecule has 1 aliphatic heterocycles. The second-order valence-corrected chi connectivity index (χ2v) is 11.2. The number of anilines is 1. The van der Waals surface area contributed by atoms with E-state index in [9.17, 15) is 24.5 Å². The minimum Gasteiger partial charge on any atom is -0.480 e. The first kappa shape index (κ1) is 31.9. The van der Waals surface area contributed by atoms with Crippen LogP contribution in [0.25, 0.3) is 10.4 Å². The van der Waals surface area contributed by atoms with Crippen LogP contribution in [0.1, 0.15) is 29.4 Å². The number of methoxy groups -OCH3 is 1. The van der Waals surface area contributed by atoms with Crippen LogP contribution in [0.15, 0.2) is 53.0 Å². The van der Waals surface area contributed by atoms with E-state index in [-0.39, 0.29) is 34.5 Å². The molecule has 43 heavy (non-hydrogen) atoms. The van der Waals surface area contributed by atoms with Crippen LogP contribution in [0.4, 0.5) is 11.4 Å². The van der Waals surface area contributed by atoms with Crippen molar-refractivity contribution in [3.63, 3.8) is 0 Å². The minimum absolute atomic E-state index is 0.0852. The normalized spacial score (nSPS) is 13.9. The van der Waals surface area contributed by atoms with Gasteiger partial charge in [0.25, 0.3) is 11.6 Å². The van der Waals surface area contributed by atoms with Crippen molar-refractivity contribution in [1.82, 2.24) is 5.32 Å². The molecule has 0 aliphatic carbocycles. The third kappa shape index (κ3) is 7.89. The Labute approximate surface area is 259 Å². The van der Waals surface area contributed by atoms with E-state index in [0.29, 0.717) is 46.6 Å². The summed E-state index contributed by atoms with van der Waals surface area (Å²) in [4.78, 5) is 49.7. The highest BCUT2D eigenvalue weighted by atomic mass is 79.9. The summed E-state index contributed by atoms with van der Waals surface area (Å²) >= 11 is 4.60. The zero-order valence-corrected chi connectivity index (χ0v) is 25.8. The standard InChI is InChI=1S/C29H30BrN3O9S/c1-3-40-22(34)16-41-25-23(30)26(43-27(25)29(36)39-2)18-7-6-8-19(15-18)42-24(17-11-13-31-14-12-17)28(35)32-20-9-4-5-10-21(20)33(37)38/h4-10,15,17,24,31H,3,11-14,16H2,1-2H3,(H,32,35). The number of amides is 1. The topological polar surface area (TPSA) is 155 Å².